The lowest BCUT2D eigenvalue weighted by Gasteiger charge is -2.08. The van der Waals surface area contributed by atoms with Crippen molar-refractivity contribution in [3.63, 3.8) is 0 Å². The molecule has 2 N–H and O–H groups in total. The maximum absolute atomic E-state index is 12.8. The summed E-state index contributed by atoms with van der Waals surface area (Å²) in [5.41, 5.74) is 1.19. The lowest BCUT2D eigenvalue weighted by Crippen LogP contribution is -2.28. The van der Waals surface area contributed by atoms with Crippen molar-refractivity contribution in [1.82, 2.24) is 5.32 Å². The fourth-order valence-corrected chi connectivity index (χ4v) is 1.55. The molecule has 2 rings (SSSR count). The van der Waals surface area contributed by atoms with Gasteiger partial charge in [0.2, 0.25) is 0 Å². The highest BCUT2D eigenvalue weighted by Gasteiger charge is 2.06. The summed E-state index contributed by atoms with van der Waals surface area (Å²) in [5, 5.41) is 5.28. The predicted molar refractivity (Wildman–Crippen MR) is 66.0 cm³/mol. The van der Waals surface area contributed by atoms with Gasteiger partial charge in [0.15, 0.2) is 0 Å². The lowest BCUT2D eigenvalue weighted by molar-refractivity contribution is 0.251. The summed E-state index contributed by atoms with van der Waals surface area (Å²) in [6.45, 7) is 0.334. The van der Waals surface area contributed by atoms with Gasteiger partial charge in [-0.25, -0.2) is 9.18 Å². The molecule has 0 saturated carbocycles. The van der Waals surface area contributed by atoms with E-state index in [4.69, 9.17) is 16.0 Å². The Hall–Kier alpha value is -2.01. The van der Waals surface area contributed by atoms with Gasteiger partial charge in [0.1, 0.15) is 5.82 Å². The fourth-order valence-electron chi connectivity index (χ4n) is 1.33. The molecule has 1 aromatic heterocycles. The second kappa shape index (κ2) is 5.55. The maximum Gasteiger partial charge on any atom is 0.319 e. The number of carbonyl (C=O) groups is 1. The minimum atomic E-state index is -0.454. The van der Waals surface area contributed by atoms with Crippen molar-refractivity contribution in [3.05, 3.63) is 53.2 Å². The number of urea groups is 1. The lowest BCUT2D eigenvalue weighted by atomic mass is 10.3. The van der Waals surface area contributed by atoms with Crippen LogP contribution in [0.4, 0.5) is 14.9 Å². The van der Waals surface area contributed by atoms with E-state index in [0.29, 0.717) is 12.2 Å². The summed E-state index contributed by atoms with van der Waals surface area (Å²) in [7, 11) is 0. The number of anilines is 1. The Morgan fingerprint density at radius 3 is 2.89 bits per heavy atom. The highest BCUT2D eigenvalue weighted by Crippen LogP contribution is 2.22. The van der Waals surface area contributed by atoms with Crippen molar-refractivity contribution in [1.29, 1.82) is 0 Å². The zero-order valence-corrected chi connectivity index (χ0v) is 10.00. The number of carbonyl (C=O) groups excluding carboxylic acids is 1. The van der Waals surface area contributed by atoms with E-state index in [1.54, 1.807) is 6.07 Å². The first kappa shape index (κ1) is 12.4. The van der Waals surface area contributed by atoms with Crippen LogP contribution in [0.3, 0.4) is 0 Å². The Morgan fingerprint density at radius 2 is 2.22 bits per heavy atom. The minimum Gasteiger partial charge on any atom is -0.472 e. The third-order valence-electron chi connectivity index (χ3n) is 2.21. The number of benzene rings is 1. The maximum atomic E-state index is 12.8. The molecule has 0 bridgehead atoms. The van der Waals surface area contributed by atoms with Crippen molar-refractivity contribution < 1.29 is 13.6 Å². The van der Waals surface area contributed by atoms with Gasteiger partial charge in [-0.05, 0) is 24.3 Å². The van der Waals surface area contributed by atoms with Crippen molar-refractivity contribution in [2.75, 3.05) is 5.32 Å². The second-order valence-corrected chi connectivity index (χ2v) is 3.97. The normalized spacial score (nSPS) is 10.1. The molecule has 0 aliphatic carbocycles. The molecule has 0 radical (unpaired) electrons. The monoisotopic (exact) mass is 268 g/mol. The number of hydrogen-bond acceptors (Lipinski definition) is 2. The quantitative estimate of drug-likeness (QED) is 0.896. The van der Waals surface area contributed by atoms with E-state index in [2.05, 4.69) is 10.6 Å². The van der Waals surface area contributed by atoms with Gasteiger partial charge < -0.3 is 15.1 Å². The molecule has 18 heavy (non-hydrogen) atoms. The van der Waals surface area contributed by atoms with E-state index < -0.39 is 11.8 Å². The topological polar surface area (TPSA) is 54.3 Å². The molecule has 6 heteroatoms. The van der Waals surface area contributed by atoms with Crippen LogP contribution in [0.2, 0.25) is 5.02 Å². The summed E-state index contributed by atoms with van der Waals surface area (Å²) in [6, 6.07) is 5.06. The molecule has 2 aromatic rings. The Balaban J connectivity index is 1.91. The molecular weight excluding hydrogens is 259 g/mol. The van der Waals surface area contributed by atoms with E-state index in [1.807, 2.05) is 0 Å². The van der Waals surface area contributed by atoms with Gasteiger partial charge in [-0.1, -0.05) is 11.6 Å². The third-order valence-corrected chi connectivity index (χ3v) is 2.53. The molecule has 0 fully saturated rings. The number of furan rings is 1. The van der Waals surface area contributed by atoms with Gasteiger partial charge in [-0.3, -0.25) is 0 Å². The van der Waals surface area contributed by atoms with E-state index >= 15 is 0 Å². The van der Waals surface area contributed by atoms with Crippen LogP contribution in [0.25, 0.3) is 0 Å². The number of nitrogens with one attached hydrogen (secondary N) is 2. The number of amides is 2. The number of rotatable bonds is 3. The van der Waals surface area contributed by atoms with Gasteiger partial charge in [-0.2, -0.15) is 0 Å². The molecule has 0 spiro atoms. The van der Waals surface area contributed by atoms with E-state index in [1.165, 1.54) is 24.7 Å². The number of halogens is 2. The van der Waals surface area contributed by atoms with Crippen molar-refractivity contribution in [2.24, 2.45) is 0 Å². The van der Waals surface area contributed by atoms with Crippen molar-refractivity contribution in [2.45, 2.75) is 6.54 Å². The standard InChI is InChI=1S/C12H10ClFN2O2/c13-10-5-9(14)1-2-11(10)16-12(17)15-6-8-3-4-18-7-8/h1-5,7H,6H2,(H2,15,16,17). The molecular formula is C12H10ClFN2O2. The average molecular weight is 269 g/mol. The van der Waals surface area contributed by atoms with Crippen LogP contribution >= 0.6 is 11.6 Å². The highest BCUT2D eigenvalue weighted by molar-refractivity contribution is 6.33. The van der Waals surface area contributed by atoms with Crippen LogP contribution in [0.1, 0.15) is 5.56 Å². The summed E-state index contributed by atoms with van der Waals surface area (Å²) in [6.07, 6.45) is 3.05. The van der Waals surface area contributed by atoms with Crippen LogP contribution in [0, 0.1) is 5.82 Å². The molecule has 94 valence electrons. The first-order chi connectivity index (χ1) is 8.65. The highest BCUT2D eigenvalue weighted by atomic mass is 35.5. The van der Waals surface area contributed by atoms with Crippen LogP contribution in [-0.4, -0.2) is 6.03 Å². The molecule has 1 heterocycles. The molecule has 0 aliphatic heterocycles. The first-order valence-electron chi connectivity index (χ1n) is 5.16. The van der Waals surface area contributed by atoms with Gasteiger partial charge in [0.25, 0.3) is 0 Å². The van der Waals surface area contributed by atoms with Crippen molar-refractivity contribution in [3.8, 4) is 0 Å². The average Bonchev–Trinajstić information content (AvgIpc) is 2.83. The van der Waals surface area contributed by atoms with Gasteiger partial charge >= 0.3 is 6.03 Å². The summed E-state index contributed by atoms with van der Waals surface area (Å²) < 4.78 is 17.7. The van der Waals surface area contributed by atoms with Gasteiger partial charge in [0, 0.05) is 12.1 Å². The zero-order valence-electron chi connectivity index (χ0n) is 9.24. The summed E-state index contributed by atoms with van der Waals surface area (Å²) in [5.74, 6) is -0.454. The zero-order chi connectivity index (χ0) is 13.0. The number of hydrogen-bond donors (Lipinski definition) is 2. The van der Waals surface area contributed by atoms with E-state index in [-0.39, 0.29) is 5.02 Å². The smallest absolute Gasteiger partial charge is 0.319 e. The van der Waals surface area contributed by atoms with Crippen LogP contribution < -0.4 is 10.6 Å². The second-order valence-electron chi connectivity index (χ2n) is 3.56. The Labute approximate surface area is 108 Å². The van der Waals surface area contributed by atoms with E-state index in [9.17, 15) is 9.18 Å². The predicted octanol–water partition coefficient (Wildman–Crippen LogP) is 3.39. The van der Waals surface area contributed by atoms with Crippen LogP contribution in [0.15, 0.2) is 41.2 Å². The van der Waals surface area contributed by atoms with Crippen molar-refractivity contribution >= 4 is 23.3 Å². The fraction of sp³-hybridized carbons (Fsp3) is 0.0833. The molecule has 0 unspecified atom stereocenters. The minimum absolute atomic E-state index is 0.147. The summed E-state index contributed by atoms with van der Waals surface area (Å²) >= 11 is 5.78. The molecule has 0 atom stereocenters. The Bertz CT molecular complexity index is 543. The Kier molecular flexibility index (Phi) is 3.84. The third kappa shape index (κ3) is 3.24. The van der Waals surface area contributed by atoms with E-state index in [0.717, 1.165) is 11.6 Å². The van der Waals surface area contributed by atoms with Crippen LogP contribution in [-0.2, 0) is 6.54 Å². The van der Waals surface area contributed by atoms with Crippen LogP contribution in [0.5, 0.6) is 0 Å². The molecule has 0 saturated heterocycles. The SMILES string of the molecule is O=C(NCc1ccoc1)Nc1ccc(F)cc1Cl. The Morgan fingerprint density at radius 1 is 1.39 bits per heavy atom. The van der Waals surface area contributed by atoms with Gasteiger partial charge in [-0.15, -0.1) is 0 Å². The molecule has 0 aliphatic rings. The first-order valence-corrected chi connectivity index (χ1v) is 5.54. The largest absolute Gasteiger partial charge is 0.472 e. The molecule has 1 aromatic carbocycles. The molecule has 4 nitrogen and oxygen atoms in total. The molecule has 2 amide bonds. The van der Waals surface area contributed by atoms with Gasteiger partial charge in [0.05, 0.1) is 23.2 Å². The summed E-state index contributed by atoms with van der Waals surface area (Å²) in [4.78, 5) is 11.5.